The van der Waals surface area contributed by atoms with Gasteiger partial charge in [-0.05, 0) is 38.3 Å². The van der Waals surface area contributed by atoms with Crippen LogP contribution < -0.4 is 5.32 Å². The van der Waals surface area contributed by atoms with Crippen LogP contribution in [0.15, 0.2) is 36.4 Å². The van der Waals surface area contributed by atoms with Crippen molar-refractivity contribution in [2.75, 3.05) is 13.1 Å². The summed E-state index contributed by atoms with van der Waals surface area (Å²) in [5.41, 5.74) is 4.04. The van der Waals surface area contributed by atoms with Gasteiger partial charge in [-0.3, -0.25) is 9.59 Å². The molecule has 0 radical (unpaired) electrons. The van der Waals surface area contributed by atoms with E-state index in [0.29, 0.717) is 13.1 Å². The van der Waals surface area contributed by atoms with Crippen molar-refractivity contribution in [1.29, 1.82) is 0 Å². The molecule has 0 saturated carbocycles. The molecule has 1 N–H and O–H groups in total. The Labute approximate surface area is 155 Å². The quantitative estimate of drug-likeness (QED) is 0.919. The van der Waals surface area contributed by atoms with Crippen molar-refractivity contribution < 1.29 is 9.59 Å². The summed E-state index contributed by atoms with van der Waals surface area (Å²) >= 11 is 0. The van der Waals surface area contributed by atoms with E-state index in [4.69, 9.17) is 0 Å². The van der Waals surface area contributed by atoms with Crippen molar-refractivity contribution in [1.82, 2.24) is 14.8 Å². The first kappa shape index (κ1) is 18.2. The molecule has 0 spiro atoms. The van der Waals surface area contributed by atoms with E-state index < -0.39 is 0 Å². The van der Waals surface area contributed by atoms with Gasteiger partial charge < -0.3 is 14.8 Å². The first-order valence-electron chi connectivity index (χ1n) is 9.22. The van der Waals surface area contributed by atoms with Crippen molar-refractivity contribution in [2.24, 2.45) is 0 Å². The average molecular weight is 353 g/mol. The molecule has 1 saturated heterocycles. The highest BCUT2D eigenvalue weighted by atomic mass is 16.2. The highest BCUT2D eigenvalue weighted by molar-refractivity contribution is 5.96. The summed E-state index contributed by atoms with van der Waals surface area (Å²) in [6.45, 7) is 7.84. The highest BCUT2D eigenvalue weighted by Crippen LogP contribution is 2.18. The van der Waals surface area contributed by atoms with E-state index in [0.717, 1.165) is 36.3 Å². The van der Waals surface area contributed by atoms with Crippen LogP contribution in [-0.4, -0.2) is 40.4 Å². The summed E-state index contributed by atoms with van der Waals surface area (Å²) in [6, 6.07) is 12.4. The number of benzene rings is 1. The van der Waals surface area contributed by atoms with E-state index >= 15 is 0 Å². The third-order valence-corrected chi connectivity index (χ3v) is 5.28. The number of hydrogen-bond acceptors (Lipinski definition) is 2. The second kappa shape index (κ2) is 7.77. The van der Waals surface area contributed by atoms with Crippen LogP contribution in [0, 0.1) is 13.8 Å². The lowest BCUT2D eigenvalue weighted by atomic mass is 10.0. The summed E-state index contributed by atoms with van der Waals surface area (Å²) in [4.78, 5) is 26.0. The van der Waals surface area contributed by atoms with Crippen molar-refractivity contribution in [3.63, 3.8) is 0 Å². The fourth-order valence-corrected chi connectivity index (χ4v) is 3.64. The molecule has 1 aromatic heterocycles. The van der Waals surface area contributed by atoms with Gasteiger partial charge in [0.15, 0.2) is 0 Å². The molecule has 0 unspecified atom stereocenters. The lowest BCUT2D eigenvalue weighted by molar-refractivity contribution is -0.129. The number of hydrogen-bond donors (Lipinski definition) is 1. The van der Waals surface area contributed by atoms with E-state index in [-0.39, 0.29) is 17.9 Å². The van der Waals surface area contributed by atoms with Gasteiger partial charge in [0.05, 0.1) is 5.56 Å². The smallest absolute Gasteiger partial charge is 0.253 e. The number of carbonyl (C=O) groups is 2. The molecule has 5 heteroatoms. The maximum absolute atomic E-state index is 12.8. The molecule has 3 rings (SSSR count). The second-order valence-electron chi connectivity index (χ2n) is 7.11. The predicted octanol–water partition coefficient (Wildman–Crippen LogP) is 2.89. The van der Waals surface area contributed by atoms with Gasteiger partial charge in [0.2, 0.25) is 5.91 Å². The van der Waals surface area contributed by atoms with Crippen LogP contribution in [0.25, 0.3) is 0 Å². The Morgan fingerprint density at radius 2 is 1.77 bits per heavy atom. The molecule has 0 atom stereocenters. The SMILES string of the molecule is CC(=O)N1CCC(NC(=O)c2cc(C)n(Cc3ccccc3)c2C)CC1. The van der Waals surface area contributed by atoms with Gasteiger partial charge in [0.1, 0.15) is 0 Å². The molecule has 1 aromatic carbocycles. The molecule has 1 fully saturated rings. The van der Waals surface area contributed by atoms with Crippen molar-refractivity contribution in [3.8, 4) is 0 Å². The third-order valence-electron chi connectivity index (χ3n) is 5.28. The van der Waals surface area contributed by atoms with Crippen LogP contribution in [-0.2, 0) is 11.3 Å². The standard InChI is InChI=1S/C21H27N3O2/c1-15-13-20(16(2)24(15)14-18-7-5-4-6-8-18)21(26)22-19-9-11-23(12-10-19)17(3)25/h4-8,13,19H,9-12,14H2,1-3H3,(H,22,26). The third kappa shape index (κ3) is 3.98. The fraction of sp³-hybridized carbons (Fsp3) is 0.429. The Morgan fingerprint density at radius 3 is 2.38 bits per heavy atom. The van der Waals surface area contributed by atoms with Gasteiger partial charge in [0.25, 0.3) is 5.91 Å². The minimum Gasteiger partial charge on any atom is -0.349 e. The van der Waals surface area contributed by atoms with E-state index in [1.165, 1.54) is 5.56 Å². The number of amides is 2. The van der Waals surface area contributed by atoms with Crippen molar-refractivity contribution in [3.05, 3.63) is 58.9 Å². The summed E-state index contributed by atoms with van der Waals surface area (Å²) in [6.07, 6.45) is 1.63. The molecule has 2 heterocycles. The molecular formula is C21H27N3O2. The number of nitrogens with zero attached hydrogens (tertiary/aromatic N) is 2. The van der Waals surface area contributed by atoms with Crippen molar-refractivity contribution >= 4 is 11.8 Å². The molecule has 2 aromatic rings. The first-order valence-corrected chi connectivity index (χ1v) is 9.22. The minimum atomic E-state index is -0.0151. The largest absolute Gasteiger partial charge is 0.349 e. The summed E-state index contributed by atoms with van der Waals surface area (Å²) in [5.74, 6) is 0.0953. The molecule has 26 heavy (non-hydrogen) atoms. The number of likely N-dealkylation sites (tertiary alicyclic amines) is 1. The zero-order chi connectivity index (χ0) is 18.7. The Kier molecular flexibility index (Phi) is 5.45. The molecule has 5 nitrogen and oxygen atoms in total. The Balaban J connectivity index is 1.67. The van der Waals surface area contributed by atoms with Crippen LogP contribution in [0.4, 0.5) is 0 Å². The number of piperidine rings is 1. The molecular weight excluding hydrogens is 326 g/mol. The molecule has 2 amide bonds. The van der Waals surface area contributed by atoms with Crippen LogP contribution >= 0.6 is 0 Å². The van der Waals surface area contributed by atoms with Crippen LogP contribution in [0.2, 0.25) is 0 Å². The predicted molar refractivity (Wildman–Crippen MR) is 102 cm³/mol. The lowest BCUT2D eigenvalue weighted by Gasteiger charge is -2.31. The molecule has 1 aliphatic rings. The normalized spacial score (nSPS) is 15.1. The first-order chi connectivity index (χ1) is 12.5. The van der Waals surface area contributed by atoms with Gasteiger partial charge >= 0.3 is 0 Å². The molecule has 0 bridgehead atoms. The van der Waals surface area contributed by atoms with Gasteiger partial charge in [-0.1, -0.05) is 30.3 Å². The second-order valence-corrected chi connectivity index (χ2v) is 7.11. The van der Waals surface area contributed by atoms with E-state index in [2.05, 4.69) is 22.0 Å². The number of nitrogens with one attached hydrogen (secondary N) is 1. The summed E-state index contributed by atoms with van der Waals surface area (Å²) in [5, 5.41) is 3.15. The van der Waals surface area contributed by atoms with Crippen molar-refractivity contribution in [2.45, 2.75) is 46.2 Å². The van der Waals surface area contributed by atoms with Crippen LogP contribution in [0.1, 0.15) is 47.1 Å². The van der Waals surface area contributed by atoms with Gasteiger partial charge in [-0.15, -0.1) is 0 Å². The number of aromatic nitrogens is 1. The Hall–Kier alpha value is -2.56. The average Bonchev–Trinajstić information content (AvgIpc) is 2.91. The molecule has 138 valence electrons. The monoisotopic (exact) mass is 353 g/mol. The van der Waals surface area contributed by atoms with E-state index in [9.17, 15) is 9.59 Å². The Bertz CT molecular complexity index is 787. The lowest BCUT2D eigenvalue weighted by Crippen LogP contribution is -2.46. The number of aryl methyl sites for hydroxylation is 1. The minimum absolute atomic E-state index is 0.0151. The van der Waals surface area contributed by atoms with Crippen LogP contribution in [0.5, 0.6) is 0 Å². The van der Waals surface area contributed by atoms with E-state index in [1.54, 1.807) is 6.92 Å². The topological polar surface area (TPSA) is 54.3 Å². The zero-order valence-corrected chi connectivity index (χ0v) is 15.8. The summed E-state index contributed by atoms with van der Waals surface area (Å²) < 4.78 is 2.18. The molecule has 0 aliphatic carbocycles. The van der Waals surface area contributed by atoms with Gasteiger partial charge in [-0.25, -0.2) is 0 Å². The number of carbonyl (C=O) groups excluding carboxylic acids is 2. The van der Waals surface area contributed by atoms with Gasteiger partial charge in [-0.2, -0.15) is 0 Å². The van der Waals surface area contributed by atoms with Crippen LogP contribution in [0.3, 0.4) is 0 Å². The molecule has 1 aliphatic heterocycles. The highest BCUT2D eigenvalue weighted by Gasteiger charge is 2.24. The fourth-order valence-electron chi connectivity index (χ4n) is 3.64. The van der Waals surface area contributed by atoms with Gasteiger partial charge in [0, 0.05) is 44.0 Å². The maximum Gasteiger partial charge on any atom is 0.253 e. The zero-order valence-electron chi connectivity index (χ0n) is 15.8. The maximum atomic E-state index is 12.8. The van der Waals surface area contributed by atoms with E-state index in [1.807, 2.05) is 43.0 Å². The number of rotatable bonds is 4. The Morgan fingerprint density at radius 1 is 1.12 bits per heavy atom. The summed E-state index contributed by atoms with van der Waals surface area (Å²) in [7, 11) is 0.